The first kappa shape index (κ1) is 25.5. The molecule has 3 aromatic rings. The molecule has 1 heterocycles. The number of thiazole rings is 1. The summed E-state index contributed by atoms with van der Waals surface area (Å²) in [6.07, 6.45) is 0.472. The van der Waals surface area contributed by atoms with Gasteiger partial charge in [0.25, 0.3) is 0 Å². The van der Waals surface area contributed by atoms with Gasteiger partial charge >= 0.3 is 0 Å². The molecule has 0 spiro atoms. The zero-order valence-corrected chi connectivity index (χ0v) is 20.9. The number of carbonyl (C=O) groups is 1. The highest BCUT2D eigenvalue weighted by atomic mass is 35.5. The van der Waals surface area contributed by atoms with Crippen LogP contribution in [0, 0.1) is 6.92 Å². The summed E-state index contributed by atoms with van der Waals surface area (Å²) in [5.41, 5.74) is 2.07. The predicted molar refractivity (Wildman–Crippen MR) is 135 cm³/mol. The van der Waals surface area contributed by atoms with E-state index in [-0.39, 0.29) is 18.3 Å². The first-order valence-electron chi connectivity index (χ1n) is 10.1. The molecule has 0 unspecified atom stereocenters. The van der Waals surface area contributed by atoms with Gasteiger partial charge in [-0.1, -0.05) is 35.1 Å². The lowest BCUT2D eigenvalue weighted by Crippen LogP contribution is -2.36. The normalized spacial score (nSPS) is 10.9. The summed E-state index contributed by atoms with van der Waals surface area (Å²) < 4.78 is 6.76. The summed E-state index contributed by atoms with van der Waals surface area (Å²) in [5, 5.41) is 0.740. The van der Waals surface area contributed by atoms with Crippen molar-refractivity contribution in [2.45, 2.75) is 25.2 Å². The summed E-state index contributed by atoms with van der Waals surface area (Å²) in [6.45, 7) is 6.03. The lowest BCUT2D eigenvalue weighted by atomic mass is 10.2. The van der Waals surface area contributed by atoms with E-state index < -0.39 is 0 Å². The summed E-state index contributed by atoms with van der Waals surface area (Å²) >= 11 is 3.26. The van der Waals surface area contributed by atoms with Crippen LogP contribution in [0.1, 0.15) is 18.9 Å². The number of amides is 1. The van der Waals surface area contributed by atoms with Gasteiger partial charge in [-0.2, -0.15) is 0 Å². The fourth-order valence-corrected chi connectivity index (χ4v) is 4.82. The molecule has 0 bridgehead atoms. The van der Waals surface area contributed by atoms with Gasteiger partial charge in [0.15, 0.2) is 5.13 Å². The Bertz CT molecular complexity index is 977. The van der Waals surface area contributed by atoms with Crippen molar-refractivity contribution in [3.05, 3.63) is 48.0 Å². The summed E-state index contributed by atoms with van der Waals surface area (Å²) in [7, 11) is 4.03. The van der Waals surface area contributed by atoms with Crippen LogP contribution in [0.4, 0.5) is 5.13 Å². The van der Waals surface area contributed by atoms with Crippen LogP contribution in [0.2, 0.25) is 0 Å². The van der Waals surface area contributed by atoms with Crippen molar-refractivity contribution in [2.24, 2.45) is 0 Å². The smallest absolute Gasteiger partial charge is 0.229 e. The maximum absolute atomic E-state index is 13.1. The van der Waals surface area contributed by atoms with Crippen LogP contribution in [0.25, 0.3) is 10.2 Å². The molecule has 168 valence electrons. The quantitative estimate of drug-likeness (QED) is 0.359. The Morgan fingerprint density at radius 1 is 1.13 bits per heavy atom. The maximum atomic E-state index is 13.1. The van der Waals surface area contributed by atoms with E-state index in [0.29, 0.717) is 19.6 Å². The SMILES string of the molecule is CCOc1cccc2sc(N(CCN(C)C)C(=O)CCSc3ccc(C)cc3)nc12.Cl. The van der Waals surface area contributed by atoms with Crippen molar-refractivity contribution in [2.75, 3.05) is 44.4 Å². The summed E-state index contributed by atoms with van der Waals surface area (Å²) in [5.74, 6) is 1.62. The van der Waals surface area contributed by atoms with E-state index in [1.807, 2.05) is 44.1 Å². The fourth-order valence-electron chi connectivity index (χ4n) is 2.95. The van der Waals surface area contributed by atoms with Gasteiger partial charge in [0, 0.05) is 30.2 Å². The van der Waals surface area contributed by atoms with Crippen LogP contribution in [0.5, 0.6) is 5.75 Å². The molecular formula is C23H30ClN3O2S2. The monoisotopic (exact) mass is 479 g/mol. The Kier molecular flexibility index (Phi) is 10.1. The first-order chi connectivity index (χ1) is 14.5. The third kappa shape index (κ3) is 7.10. The van der Waals surface area contributed by atoms with Gasteiger partial charge in [-0.15, -0.1) is 24.2 Å². The molecule has 0 saturated carbocycles. The number of aryl methyl sites for hydroxylation is 1. The van der Waals surface area contributed by atoms with Crippen LogP contribution in [0.3, 0.4) is 0 Å². The number of aromatic nitrogens is 1. The highest BCUT2D eigenvalue weighted by Gasteiger charge is 2.21. The Hall–Kier alpha value is -1.80. The molecule has 3 rings (SSSR count). The third-order valence-corrected chi connectivity index (χ3v) is 6.64. The van der Waals surface area contributed by atoms with E-state index in [2.05, 4.69) is 36.1 Å². The number of carbonyl (C=O) groups excluding carboxylic acids is 1. The standard InChI is InChI=1S/C23H29N3O2S2.ClH/c1-5-28-19-7-6-8-20-22(19)24-23(30-20)26(15-14-25(3)4)21(27)13-16-29-18-11-9-17(2)10-12-18;/h6-12H,5,13-16H2,1-4H3;1H. The van der Waals surface area contributed by atoms with Gasteiger partial charge in [-0.05, 0) is 52.2 Å². The number of thioether (sulfide) groups is 1. The molecule has 0 atom stereocenters. The van der Waals surface area contributed by atoms with Crippen LogP contribution in [-0.2, 0) is 4.79 Å². The number of rotatable bonds is 10. The number of benzene rings is 2. The number of hydrogen-bond donors (Lipinski definition) is 0. The average Bonchev–Trinajstić information content (AvgIpc) is 3.14. The predicted octanol–water partition coefficient (Wildman–Crippen LogP) is 5.50. The lowest BCUT2D eigenvalue weighted by Gasteiger charge is -2.22. The first-order valence-corrected chi connectivity index (χ1v) is 11.9. The minimum Gasteiger partial charge on any atom is -0.492 e. The number of ether oxygens (including phenoxy) is 1. The van der Waals surface area contributed by atoms with Crippen molar-refractivity contribution in [1.82, 2.24) is 9.88 Å². The van der Waals surface area contributed by atoms with Crippen molar-refractivity contribution in [3.8, 4) is 5.75 Å². The third-order valence-electron chi connectivity index (χ3n) is 4.58. The minimum absolute atomic E-state index is 0. The number of para-hydroxylation sites is 1. The molecule has 0 saturated heterocycles. The molecule has 8 heteroatoms. The topological polar surface area (TPSA) is 45.7 Å². The second kappa shape index (κ2) is 12.3. The molecular weight excluding hydrogens is 450 g/mol. The van der Waals surface area contributed by atoms with Gasteiger partial charge < -0.3 is 9.64 Å². The molecule has 2 aromatic carbocycles. The molecule has 0 radical (unpaired) electrons. The van der Waals surface area contributed by atoms with E-state index in [1.54, 1.807) is 23.1 Å². The second-order valence-corrected chi connectivity index (χ2v) is 9.47. The minimum atomic E-state index is 0. The molecule has 0 aliphatic rings. The van der Waals surface area contributed by atoms with Gasteiger partial charge in [0.2, 0.25) is 5.91 Å². The van der Waals surface area contributed by atoms with Crippen LogP contribution < -0.4 is 9.64 Å². The highest BCUT2D eigenvalue weighted by Crippen LogP contribution is 2.34. The number of nitrogens with zero attached hydrogens (tertiary/aromatic N) is 3. The van der Waals surface area contributed by atoms with Gasteiger partial charge in [0.1, 0.15) is 11.3 Å². The van der Waals surface area contributed by atoms with E-state index in [1.165, 1.54) is 10.5 Å². The number of halogens is 1. The fraction of sp³-hybridized carbons (Fsp3) is 0.391. The van der Waals surface area contributed by atoms with Crippen molar-refractivity contribution >= 4 is 56.8 Å². The van der Waals surface area contributed by atoms with Gasteiger partial charge in [-0.3, -0.25) is 9.69 Å². The molecule has 31 heavy (non-hydrogen) atoms. The van der Waals surface area contributed by atoms with Crippen molar-refractivity contribution < 1.29 is 9.53 Å². The van der Waals surface area contributed by atoms with Crippen LogP contribution in [0.15, 0.2) is 47.4 Å². The van der Waals surface area contributed by atoms with Crippen molar-refractivity contribution in [3.63, 3.8) is 0 Å². The van der Waals surface area contributed by atoms with E-state index >= 15 is 0 Å². The van der Waals surface area contributed by atoms with Gasteiger partial charge in [-0.25, -0.2) is 4.98 Å². The van der Waals surface area contributed by atoms with E-state index in [4.69, 9.17) is 9.72 Å². The zero-order valence-electron chi connectivity index (χ0n) is 18.5. The average molecular weight is 480 g/mol. The number of fused-ring (bicyclic) bond motifs is 1. The number of likely N-dealkylation sites (N-methyl/N-ethyl adjacent to an activating group) is 1. The second-order valence-electron chi connectivity index (χ2n) is 7.29. The molecule has 0 aliphatic heterocycles. The Morgan fingerprint density at radius 3 is 2.55 bits per heavy atom. The molecule has 0 N–H and O–H groups in total. The molecule has 1 aromatic heterocycles. The number of anilines is 1. The van der Waals surface area contributed by atoms with Crippen LogP contribution >= 0.6 is 35.5 Å². The Morgan fingerprint density at radius 2 is 1.87 bits per heavy atom. The van der Waals surface area contributed by atoms with Crippen LogP contribution in [-0.4, -0.2) is 55.3 Å². The highest BCUT2D eigenvalue weighted by molar-refractivity contribution is 7.99. The zero-order chi connectivity index (χ0) is 21.5. The Labute approximate surface area is 199 Å². The largest absolute Gasteiger partial charge is 0.492 e. The molecule has 0 fully saturated rings. The molecule has 0 aliphatic carbocycles. The van der Waals surface area contributed by atoms with Gasteiger partial charge in [0.05, 0.1) is 11.3 Å². The molecule has 1 amide bonds. The summed E-state index contributed by atoms with van der Waals surface area (Å²) in [6, 6.07) is 14.4. The molecule has 5 nitrogen and oxygen atoms in total. The maximum Gasteiger partial charge on any atom is 0.229 e. The number of hydrogen-bond acceptors (Lipinski definition) is 6. The summed E-state index contributed by atoms with van der Waals surface area (Å²) in [4.78, 5) is 23.0. The van der Waals surface area contributed by atoms with E-state index in [0.717, 1.165) is 33.4 Å². The van der Waals surface area contributed by atoms with Crippen molar-refractivity contribution in [1.29, 1.82) is 0 Å². The van der Waals surface area contributed by atoms with E-state index in [9.17, 15) is 4.79 Å². The Balaban J connectivity index is 0.00000341. The lowest BCUT2D eigenvalue weighted by molar-refractivity contribution is -0.118.